The Morgan fingerprint density at radius 1 is 1.33 bits per heavy atom. The highest BCUT2D eigenvalue weighted by molar-refractivity contribution is 4.88. The van der Waals surface area contributed by atoms with E-state index in [1.165, 1.54) is 51.9 Å². The predicted octanol–water partition coefficient (Wildman–Crippen LogP) is 1.67. The topological polar surface area (TPSA) is 27.7 Å². The molecule has 0 aliphatic carbocycles. The summed E-state index contributed by atoms with van der Waals surface area (Å²) in [5.74, 6) is 0.883. The summed E-state index contributed by atoms with van der Waals surface area (Å²) in [4.78, 5) is 5.02. The zero-order chi connectivity index (χ0) is 15.1. The number of ether oxygens (including phenoxy) is 1. The van der Waals surface area contributed by atoms with E-state index in [-0.39, 0.29) is 0 Å². The average Bonchev–Trinajstić information content (AvgIpc) is 2.90. The molecule has 0 aromatic rings. The summed E-state index contributed by atoms with van der Waals surface area (Å²) in [6, 6.07) is 0. The Morgan fingerprint density at radius 3 is 2.71 bits per heavy atom. The molecule has 2 fully saturated rings. The lowest BCUT2D eigenvalue weighted by Gasteiger charge is -2.36. The molecule has 0 amide bonds. The molecule has 1 N–H and O–H groups in total. The van der Waals surface area contributed by atoms with Gasteiger partial charge < -0.3 is 19.9 Å². The van der Waals surface area contributed by atoms with Gasteiger partial charge in [-0.2, -0.15) is 0 Å². The highest BCUT2D eigenvalue weighted by Crippen LogP contribution is 2.29. The van der Waals surface area contributed by atoms with Crippen molar-refractivity contribution in [1.29, 1.82) is 0 Å². The quantitative estimate of drug-likeness (QED) is 0.690. The number of likely N-dealkylation sites (tertiary alicyclic amines) is 1. The maximum absolute atomic E-state index is 5.72. The highest BCUT2D eigenvalue weighted by Gasteiger charge is 2.36. The van der Waals surface area contributed by atoms with Gasteiger partial charge in [-0.25, -0.2) is 0 Å². The summed E-state index contributed by atoms with van der Waals surface area (Å²) in [5, 5.41) is 3.62. The van der Waals surface area contributed by atoms with Gasteiger partial charge in [0.1, 0.15) is 0 Å². The second kappa shape index (κ2) is 8.47. The second-order valence-electron chi connectivity index (χ2n) is 7.42. The minimum absolute atomic E-state index is 0.343. The lowest BCUT2D eigenvalue weighted by atomic mass is 9.86. The molecule has 0 radical (unpaired) electrons. The first-order valence-electron chi connectivity index (χ1n) is 8.79. The highest BCUT2D eigenvalue weighted by atomic mass is 16.5. The molecule has 2 rings (SSSR count). The summed E-state index contributed by atoms with van der Waals surface area (Å²) in [6.07, 6.45) is 5.14. The van der Waals surface area contributed by atoms with Crippen LogP contribution in [0.2, 0.25) is 0 Å². The zero-order valence-electron chi connectivity index (χ0n) is 14.4. The van der Waals surface area contributed by atoms with Crippen LogP contribution < -0.4 is 5.32 Å². The molecule has 2 aliphatic rings. The van der Waals surface area contributed by atoms with Crippen molar-refractivity contribution >= 4 is 0 Å². The van der Waals surface area contributed by atoms with Gasteiger partial charge in [0.2, 0.25) is 0 Å². The van der Waals surface area contributed by atoms with Gasteiger partial charge in [0.15, 0.2) is 0 Å². The van der Waals surface area contributed by atoms with Gasteiger partial charge >= 0.3 is 0 Å². The van der Waals surface area contributed by atoms with E-state index in [0.29, 0.717) is 5.41 Å². The van der Waals surface area contributed by atoms with Crippen molar-refractivity contribution in [3.05, 3.63) is 0 Å². The van der Waals surface area contributed by atoms with E-state index in [0.717, 1.165) is 32.2 Å². The minimum Gasteiger partial charge on any atom is -0.381 e. The number of piperidine rings is 1. The van der Waals surface area contributed by atoms with Crippen molar-refractivity contribution < 1.29 is 4.74 Å². The SMILES string of the molecule is CCCNCC1(CN(C)CC2CCN(C)CC2)CCOC1. The summed E-state index contributed by atoms with van der Waals surface area (Å²) in [6.45, 7) is 11.3. The number of rotatable bonds is 8. The fourth-order valence-corrected chi connectivity index (χ4v) is 3.82. The Bertz CT molecular complexity index is 284. The van der Waals surface area contributed by atoms with Gasteiger partial charge in [-0.05, 0) is 65.3 Å². The van der Waals surface area contributed by atoms with Crippen LogP contribution in [-0.2, 0) is 4.74 Å². The van der Waals surface area contributed by atoms with Crippen LogP contribution in [0.15, 0.2) is 0 Å². The van der Waals surface area contributed by atoms with Crippen molar-refractivity contribution in [2.75, 3.05) is 66.6 Å². The molecule has 21 heavy (non-hydrogen) atoms. The Labute approximate surface area is 131 Å². The van der Waals surface area contributed by atoms with Crippen molar-refractivity contribution in [2.45, 2.75) is 32.6 Å². The van der Waals surface area contributed by atoms with E-state index in [9.17, 15) is 0 Å². The van der Waals surface area contributed by atoms with E-state index in [4.69, 9.17) is 4.74 Å². The molecule has 0 spiro atoms. The molecule has 1 unspecified atom stereocenters. The van der Waals surface area contributed by atoms with Gasteiger partial charge in [0.25, 0.3) is 0 Å². The molecule has 2 heterocycles. The smallest absolute Gasteiger partial charge is 0.0547 e. The average molecular weight is 297 g/mol. The second-order valence-corrected chi connectivity index (χ2v) is 7.42. The summed E-state index contributed by atoms with van der Waals surface area (Å²) >= 11 is 0. The van der Waals surface area contributed by atoms with E-state index in [1.807, 2.05) is 0 Å². The Morgan fingerprint density at radius 2 is 2.10 bits per heavy atom. The Kier molecular flexibility index (Phi) is 6.93. The first kappa shape index (κ1) is 17.2. The maximum Gasteiger partial charge on any atom is 0.0547 e. The molecule has 1 atom stereocenters. The molecule has 2 saturated heterocycles. The van der Waals surface area contributed by atoms with Crippen molar-refractivity contribution in [3.8, 4) is 0 Å². The molecule has 0 saturated carbocycles. The van der Waals surface area contributed by atoms with E-state index in [1.54, 1.807) is 0 Å². The number of hydrogen-bond acceptors (Lipinski definition) is 4. The van der Waals surface area contributed by atoms with Crippen LogP contribution in [0, 0.1) is 11.3 Å². The van der Waals surface area contributed by atoms with Crippen molar-refractivity contribution in [2.24, 2.45) is 11.3 Å². The normalized spacial score (nSPS) is 28.6. The molecular formula is C17H35N3O. The monoisotopic (exact) mass is 297 g/mol. The third-order valence-electron chi connectivity index (χ3n) is 5.13. The van der Waals surface area contributed by atoms with Gasteiger partial charge in [0.05, 0.1) is 6.61 Å². The molecule has 0 aromatic carbocycles. The molecule has 124 valence electrons. The fraction of sp³-hybridized carbons (Fsp3) is 1.00. The van der Waals surface area contributed by atoms with Gasteiger partial charge in [-0.3, -0.25) is 0 Å². The standard InChI is InChI=1S/C17H35N3O/c1-4-8-18-13-17(7-11-21-15-17)14-20(3)12-16-5-9-19(2)10-6-16/h16,18H,4-15H2,1-3H3. The number of nitrogens with zero attached hydrogens (tertiary/aromatic N) is 2. The first-order chi connectivity index (χ1) is 10.1. The van der Waals surface area contributed by atoms with Crippen LogP contribution in [0.3, 0.4) is 0 Å². The molecule has 2 aliphatic heterocycles. The van der Waals surface area contributed by atoms with Crippen LogP contribution >= 0.6 is 0 Å². The molecule has 4 heteroatoms. The minimum atomic E-state index is 0.343. The van der Waals surface area contributed by atoms with Crippen LogP contribution in [0.25, 0.3) is 0 Å². The molecule has 0 bridgehead atoms. The van der Waals surface area contributed by atoms with E-state index in [2.05, 4.69) is 36.1 Å². The summed E-state index contributed by atoms with van der Waals surface area (Å²) < 4.78 is 5.72. The first-order valence-corrected chi connectivity index (χ1v) is 8.79. The van der Waals surface area contributed by atoms with Gasteiger partial charge in [0, 0.05) is 31.7 Å². The largest absolute Gasteiger partial charge is 0.381 e. The van der Waals surface area contributed by atoms with Gasteiger partial charge in [-0.15, -0.1) is 0 Å². The van der Waals surface area contributed by atoms with Crippen LogP contribution in [0.4, 0.5) is 0 Å². The van der Waals surface area contributed by atoms with Crippen LogP contribution in [0.1, 0.15) is 32.6 Å². The lowest BCUT2D eigenvalue weighted by Crippen LogP contribution is -2.45. The third kappa shape index (κ3) is 5.51. The van der Waals surface area contributed by atoms with Crippen molar-refractivity contribution in [3.63, 3.8) is 0 Å². The molecule has 4 nitrogen and oxygen atoms in total. The Hall–Kier alpha value is -0.160. The van der Waals surface area contributed by atoms with Crippen molar-refractivity contribution in [1.82, 2.24) is 15.1 Å². The lowest BCUT2D eigenvalue weighted by molar-refractivity contribution is 0.102. The fourth-order valence-electron chi connectivity index (χ4n) is 3.82. The summed E-state index contributed by atoms with van der Waals surface area (Å²) in [7, 11) is 4.54. The van der Waals surface area contributed by atoms with Crippen LogP contribution in [0.5, 0.6) is 0 Å². The predicted molar refractivity (Wildman–Crippen MR) is 88.7 cm³/mol. The summed E-state index contributed by atoms with van der Waals surface area (Å²) in [5.41, 5.74) is 0.343. The van der Waals surface area contributed by atoms with E-state index >= 15 is 0 Å². The molecular weight excluding hydrogens is 262 g/mol. The van der Waals surface area contributed by atoms with Crippen LogP contribution in [-0.4, -0.2) is 76.4 Å². The Balaban J connectivity index is 1.76. The van der Waals surface area contributed by atoms with Gasteiger partial charge in [-0.1, -0.05) is 6.92 Å². The van der Waals surface area contributed by atoms with E-state index < -0.39 is 0 Å². The number of nitrogens with one attached hydrogen (secondary N) is 1. The zero-order valence-corrected chi connectivity index (χ0v) is 14.4. The number of hydrogen-bond donors (Lipinski definition) is 1. The maximum atomic E-state index is 5.72. The third-order valence-corrected chi connectivity index (χ3v) is 5.13. The molecule has 0 aromatic heterocycles.